The number of anilines is 3. The van der Waals surface area contributed by atoms with Crippen LogP contribution < -0.4 is 17.5 Å². The van der Waals surface area contributed by atoms with Crippen LogP contribution in [0.4, 0.5) is 17.1 Å². The van der Waals surface area contributed by atoms with E-state index >= 15 is 0 Å². The third-order valence-corrected chi connectivity index (χ3v) is 7.22. The molecule has 34 heavy (non-hydrogen) atoms. The minimum Gasteiger partial charge on any atom is -0.497 e. The molecule has 0 radical (unpaired) electrons. The maximum atomic E-state index is 5.50. The molecule has 0 N–H and O–H groups in total. The van der Waals surface area contributed by atoms with Gasteiger partial charge >= 0.3 is 0 Å². The van der Waals surface area contributed by atoms with Gasteiger partial charge in [-0.05, 0) is 84.9 Å². The van der Waals surface area contributed by atoms with Crippen molar-refractivity contribution in [2.24, 2.45) is 0 Å². The minimum atomic E-state index is 0.838. The monoisotopic (exact) mass is 563 g/mol. The Hall–Kier alpha value is -3.39. The van der Waals surface area contributed by atoms with Gasteiger partial charge in [0, 0.05) is 36.2 Å². The van der Waals surface area contributed by atoms with Crippen LogP contribution in [-0.4, -0.2) is 32.9 Å². The van der Waals surface area contributed by atoms with Gasteiger partial charge in [0.25, 0.3) is 0 Å². The van der Waals surface area contributed by atoms with Crippen molar-refractivity contribution in [3.63, 3.8) is 0 Å². The van der Waals surface area contributed by atoms with Crippen LogP contribution >= 0.6 is 22.9 Å². The van der Waals surface area contributed by atoms with Crippen molar-refractivity contribution in [1.82, 2.24) is 4.57 Å². The van der Waals surface area contributed by atoms with Crippen LogP contribution in [0.2, 0.25) is 0 Å². The molecule has 5 aromatic rings. The molecule has 0 atom stereocenters. The highest BCUT2D eigenvalue weighted by Crippen LogP contribution is 2.37. The Balaban J connectivity index is 1.57. The SMILES string of the molecule is COc1ccc2c(c1)c1cc(OC)ccc1n2-c1ccc(N(I)c2ccc(N(C)C)cc2)cc1. The number of aromatic nitrogens is 1. The standard InChI is InChI=1S/C28H26IN3O2/c1-30(2)19-5-9-21(10-6-19)32(29)22-11-7-20(8-12-22)31-27-15-13-23(33-3)17-25(27)26-18-24(34-4)14-16-28(26)31/h5-18H,1-4H3. The van der Waals surface area contributed by atoms with Gasteiger partial charge in [-0.25, -0.2) is 0 Å². The average Bonchev–Trinajstić information content (AvgIpc) is 3.21. The lowest BCUT2D eigenvalue weighted by molar-refractivity contribution is 0.415. The van der Waals surface area contributed by atoms with E-state index in [0.29, 0.717) is 0 Å². The van der Waals surface area contributed by atoms with E-state index in [0.717, 1.165) is 50.4 Å². The smallest absolute Gasteiger partial charge is 0.119 e. The molecule has 5 nitrogen and oxygen atoms in total. The number of rotatable bonds is 6. The number of hydrogen-bond acceptors (Lipinski definition) is 4. The van der Waals surface area contributed by atoms with E-state index in [2.05, 4.69) is 122 Å². The van der Waals surface area contributed by atoms with E-state index in [1.807, 2.05) is 12.1 Å². The number of nitrogens with zero attached hydrogens (tertiary/aromatic N) is 3. The van der Waals surface area contributed by atoms with E-state index in [1.165, 1.54) is 5.69 Å². The second-order valence-electron chi connectivity index (χ2n) is 8.31. The fourth-order valence-electron chi connectivity index (χ4n) is 4.28. The van der Waals surface area contributed by atoms with Gasteiger partial charge in [-0.15, -0.1) is 0 Å². The first-order valence-corrected chi connectivity index (χ1v) is 12.0. The highest BCUT2D eigenvalue weighted by molar-refractivity contribution is 14.1. The van der Waals surface area contributed by atoms with Crippen molar-refractivity contribution in [3.8, 4) is 17.2 Å². The molecule has 0 bridgehead atoms. The summed E-state index contributed by atoms with van der Waals surface area (Å²) in [6.45, 7) is 0. The number of hydrogen-bond donors (Lipinski definition) is 0. The predicted octanol–water partition coefficient (Wildman–Crippen LogP) is 7.36. The number of benzene rings is 4. The van der Waals surface area contributed by atoms with Crippen LogP contribution in [0.15, 0.2) is 84.9 Å². The van der Waals surface area contributed by atoms with E-state index < -0.39 is 0 Å². The molecule has 172 valence electrons. The summed E-state index contributed by atoms with van der Waals surface area (Å²) >= 11 is 2.36. The van der Waals surface area contributed by atoms with Crippen molar-refractivity contribution in [2.75, 3.05) is 36.3 Å². The van der Waals surface area contributed by atoms with Gasteiger partial charge in [-0.2, -0.15) is 0 Å². The predicted molar refractivity (Wildman–Crippen MR) is 151 cm³/mol. The molecule has 0 saturated carbocycles. The maximum absolute atomic E-state index is 5.50. The average molecular weight is 563 g/mol. The van der Waals surface area contributed by atoms with E-state index in [4.69, 9.17) is 9.47 Å². The Morgan fingerprint density at radius 1 is 0.618 bits per heavy atom. The first kappa shape index (κ1) is 22.4. The molecule has 0 aliphatic rings. The van der Waals surface area contributed by atoms with E-state index in [-0.39, 0.29) is 0 Å². The molecule has 0 spiro atoms. The summed E-state index contributed by atoms with van der Waals surface area (Å²) in [6, 6.07) is 29.6. The first-order chi connectivity index (χ1) is 16.5. The Morgan fingerprint density at radius 3 is 1.50 bits per heavy atom. The van der Waals surface area contributed by atoms with Crippen molar-refractivity contribution in [2.45, 2.75) is 0 Å². The van der Waals surface area contributed by atoms with Crippen LogP contribution in [0.1, 0.15) is 0 Å². The molecule has 4 aromatic carbocycles. The molecule has 0 amide bonds. The number of fused-ring (bicyclic) bond motifs is 3. The van der Waals surface area contributed by atoms with Crippen molar-refractivity contribution < 1.29 is 9.47 Å². The highest BCUT2D eigenvalue weighted by atomic mass is 127. The summed E-state index contributed by atoms with van der Waals surface area (Å²) in [6.07, 6.45) is 0. The van der Waals surface area contributed by atoms with Crippen LogP contribution in [0.5, 0.6) is 11.5 Å². The zero-order valence-corrected chi connectivity index (χ0v) is 21.8. The fraction of sp³-hybridized carbons (Fsp3) is 0.143. The number of halogens is 1. The normalized spacial score (nSPS) is 11.1. The lowest BCUT2D eigenvalue weighted by atomic mass is 10.1. The van der Waals surface area contributed by atoms with E-state index in [1.54, 1.807) is 14.2 Å². The fourth-order valence-corrected chi connectivity index (χ4v) is 4.92. The molecule has 5 rings (SSSR count). The second-order valence-corrected chi connectivity index (χ2v) is 9.27. The largest absolute Gasteiger partial charge is 0.497 e. The molecule has 6 heteroatoms. The van der Waals surface area contributed by atoms with Gasteiger partial charge in [0.1, 0.15) is 11.5 Å². The lowest BCUT2D eigenvalue weighted by Gasteiger charge is -2.19. The van der Waals surface area contributed by atoms with Crippen molar-refractivity contribution >= 4 is 61.7 Å². The lowest BCUT2D eigenvalue weighted by Crippen LogP contribution is -2.08. The van der Waals surface area contributed by atoms with Gasteiger partial charge in [0.15, 0.2) is 0 Å². The second kappa shape index (κ2) is 9.10. The molecule has 1 heterocycles. The topological polar surface area (TPSA) is 29.9 Å². The summed E-state index contributed by atoms with van der Waals surface area (Å²) in [5.74, 6) is 1.68. The summed E-state index contributed by atoms with van der Waals surface area (Å²) in [4.78, 5) is 2.10. The molecule has 0 aliphatic heterocycles. The van der Waals surface area contributed by atoms with Crippen LogP contribution in [-0.2, 0) is 0 Å². The summed E-state index contributed by atoms with van der Waals surface area (Å²) in [7, 11) is 7.50. The molecule has 0 aliphatic carbocycles. The number of methoxy groups -OCH3 is 2. The van der Waals surface area contributed by atoms with Crippen LogP contribution in [0, 0.1) is 0 Å². The van der Waals surface area contributed by atoms with Crippen LogP contribution in [0.25, 0.3) is 27.5 Å². The highest BCUT2D eigenvalue weighted by Gasteiger charge is 2.15. The minimum absolute atomic E-state index is 0.838. The Labute approximate surface area is 213 Å². The molecule has 0 fully saturated rings. The third-order valence-electron chi connectivity index (χ3n) is 6.11. The molecular weight excluding hydrogens is 537 g/mol. The summed E-state index contributed by atoms with van der Waals surface area (Å²) < 4.78 is 15.5. The summed E-state index contributed by atoms with van der Waals surface area (Å²) in [5, 5.41) is 2.27. The number of ether oxygens (including phenoxy) is 2. The Morgan fingerprint density at radius 2 is 1.06 bits per heavy atom. The van der Waals surface area contributed by atoms with Gasteiger partial charge in [0.05, 0.1) is 59.5 Å². The van der Waals surface area contributed by atoms with Crippen LogP contribution in [0.3, 0.4) is 0 Å². The zero-order chi connectivity index (χ0) is 23.8. The molecule has 1 aromatic heterocycles. The molecular formula is C28H26IN3O2. The van der Waals surface area contributed by atoms with Gasteiger partial charge in [-0.3, -0.25) is 3.11 Å². The van der Waals surface area contributed by atoms with Gasteiger partial charge in [-0.1, -0.05) is 0 Å². The zero-order valence-electron chi connectivity index (χ0n) is 19.6. The molecule has 0 saturated heterocycles. The quantitative estimate of drug-likeness (QED) is 0.160. The van der Waals surface area contributed by atoms with Gasteiger partial charge < -0.3 is 18.9 Å². The van der Waals surface area contributed by atoms with E-state index in [9.17, 15) is 0 Å². The van der Waals surface area contributed by atoms with Gasteiger partial charge in [0.2, 0.25) is 0 Å². The van der Waals surface area contributed by atoms with Crippen molar-refractivity contribution in [3.05, 3.63) is 84.9 Å². The Bertz CT molecular complexity index is 1400. The first-order valence-electron chi connectivity index (χ1n) is 11.0. The van der Waals surface area contributed by atoms with Crippen molar-refractivity contribution in [1.29, 1.82) is 0 Å². The Kier molecular flexibility index (Phi) is 6.00. The third kappa shape index (κ3) is 3.92. The maximum Gasteiger partial charge on any atom is 0.119 e. The molecule has 0 unspecified atom stereocenters. The summed E-state index contributed by atoms with van der Waals surface area (Å²) in [5.41, 5.74) is 6.79.